The molecule has 2 rings (SSSR count). The minimum atomic E-state index is -4.65. The Balaban J connectivity index is 1.75. The van der Waals surface area contributed by atoms with Crippen molar-refractivity contribution in [3.05, 3.63) is 29.8 Å². The third-order valence-corrected chi connectivity index (χ3v) is 4.30. The van der Waals surface area contributed by atoms with Crippen molar-refractivity contribution in [2.45, 2.75) is 25.7 Å². The van der Waals surface area contributed by atoms with E-state index < -0.39 is 6.36 Å². The van der Waals surface area contributed by atoms with E-state index >= 15 is 0 Å². The summed E-state index contributed by atoms with van der Waals surface area (Å²) in [6, 6.07) is 6.04. The Morgan fingerprint density at radius 3 is 2.38 bits per heavy atom. The van der Waals surface area contributed by atoms with E-state index in [4.69, 9.17) is 5.11 Å². The second-order valence-electron chi connectivity index (χ2n) is 6.40. The van der Waals surface area contributed by atoms with Gasteiger partial charge in [-0.1, -0.05) is 12.1 Å². The van der Waals surface area contributed by atoms with Gasteiger partial charge in [-0.2, -0.15) is 0 Å². The zero-order valence-corrected chi connectivity index (χ0v) is 13.9. The number of hydrogen-bond acceptors (Lipinski definition) is 4. The van der Waals surface area contributed by atoms with E-state index in [0.717, 1.165) is 44.6 Å². The number of alkyl halides is 3. The lowest BCUT2D eigenvalue weighted by molar-refractivity contribution is -0.274. The van der Waals surface area contributed by atoms with Crippen LogP contribution in [-0.2, 0) is 6.54 Å². The van der Waals surface area contributed by atoms with Crippen molar-refractivity contribution < 1.29 is 23.0 Å². The van der Waals surface area contributed by atoms with Crippen molar-refractivity contribution in [1.29, 1.82) is 0 Å². The fourth-order valence-electron chi connectivity index (χ4n) is 3.15. The zero-order valence-electron chi connectivity index (χ0n) is 13.9. The Morgan fingerprint density at radius 1 is 1.21 bits per heavy atom. The molecule has 0 aromatic heterocycles. The molecular weight excluding hydrogens is 321 g/mol. The van der Waals surface area contributed by atoms with E-state index in [1.807, 2.05) is 7.05 Å². The second kappa shape index (κ2) is 8.69. The summed E-state index contributed by atoms with van der Waals surface area (Å²) < 4.78 is 40.3. The molecule has 1 aliphatic heterocycles. The number of likely N-dealkylation sites (tertiary alicyclic amines) is 1. The predicted octanol–water partition coefficient (Wildman–Crippen LogP) is 2.72. The number of hydrogen-bond donors (Lipinski definition) is 1. The third kappa shape index (κ3) is 6.67. The summed E-state index contributed by atoms with van der Waals surface area (Å²) in [7, 11) is 2.03. The van der Waals surface area contributed by atoms with Crippen LogP contribution in [0.25, 0.3) is 0 Å². The van der Waals surface area contributed by atoms with Crippen molar-refractivity contribution in [3.63, 3.8) is 0 Å². The average Bonchev–Trinajstić information content (AvgIpc) is 2.50. The van der Waals surface area contributed by atoms with Gasteiger partial charge in [-0.15, -0.1) is 13.2 Å². The smallest absolute Gasteiger partial charge is 0.406 e. The van der Waals surface area contributed by atoms with Gasteiger partial charge in [-0.25, -0.2) is 0 Å². The number of nitrogens with zero attached hydrogens (tertiary/aromatic N) is 2. The van der Waals surface area contributed by atoms with Gasteiger partial charge in [0, 0.05) is 19.6 Å². The van der Waals surface area contributed by atoms with E-state index in [-0.39, 0.29) is 12.4 Å². The Kier molecular flexibility index (Phi) is 6.89. The molecule has 1 aromatic carbocycles. The zero-order chi connectivity index (χ0) is 17.6. The van der Waals surface area contributed by atoms with E-state index in [0.29, 0.717) is 12.5 Å². The minimum Gasteiger partial charge on any atom is -0.406 e. The van der Waals surface area contributed by atoms with Crippen LogP contribution in [-0.4, -0.2) is 61.1 Å². The quantitative estimate of drug-likeness (QED) is 0.824. The molecule has 0 unspecified atom stereocenters. The van der Waals surface area contributed by atoms with Crippen molar-refractivity contribution >= 4 is 0 Å². The van der Waals surface area contributed by atoms with Crippen molar-refractivity contribution in [2.24, 2.45) is 5.92 Å². The average molecular weight is 346 g/mol. The SMILES string of the molecule is CN(Cc1ccc(OC(F)(F)F)cc1)CC1CCN(CCO)CC1. The van der Waals surface area contributed by atoms with Crippen molar-refractivity contribution in [2.75, 3.05) is 39.8 Å². The highest BCUT2D eigenvalue weighted by molar-refractivity contribution is 5.27. The van der Waals surface area contributed by atoms with Crippen LogP contribution in [0.3, 0.4) is 0 Å². The van der Waals surface area contributed by atoms with E-state index in [1.165, 1.54) is 12.1 Å². The molecule has 0 atom stereocenters. The third-order valence-electron chi connectivity index (χ3n) is 4.30. The lowest BCUT2D eigenvalue weighted by Gasteiger charge is -2.33. The maximum absolute atomic E-state index is 12.1. The fraction of sp³-hybridized carbons (Fsp3) is 0.647. The second-order valence-corrected chi connectivity index (χ2v) is 6.40. The molecule has 1 aromatic rings. The number of halogens is 3. The van der Waals surface area contributed by atoms with Crippen LogP contribution < -0.4 is 4.74 Å². The highest BCUT2D eigenvalue weighted by atomic mass is 19.4. The number of benzene rings is 1. The Morgan fingerprint density at radius 2 is 1.83 bits per heavy atom. The minimum absolute atomic E-state index is 0.190. The molecule has 4 nitrogen and oxygen atoms in total. The largest absolute Gasteiger partial charge is 0.573 e. The summed E-state index contributed by atoms with van der Waals surface area (Å²) in [5.74, 6) is 0.433. The molecule has 0 radical (unpaired) electrons. The maximum Gasteiger partial charge on any atom is 0.573 e. The van der Waals surface area contributed by atoms with Crippen LogP contribution in [0.1, 0.15) is 18.4 Å². The highest BCUT2D eigenvalue weighted by Gasteiger charge is 2.31. The van der Waals surface area contributed by atoms with Gasteiger partial charge in [0.1, 0.15) is 5.75 Å². The van der Waals surface area contributed by atoms with Crippen LogP contribution in [0, 0.1) is 5.92 Å². The summed E-state index contributed by atoms with van der Waals surface area (Å²) in [6.45, 7) is 4.65. The number of β-amino-alcohol motifs (C(OH)–C–C–N with tert-alkyl or cyclic N) is 1. The number of rotatable bonds is 7. The van der Waals surface area contributed by atoms with Crippen LogP contribution in [0.5, 0.6) is 5.75 Å². The molecule has 7 heteroatoms. The number of aliphatic hydroxyl groups excluding tert-OH is 1. The lowest BCUT2D eigenvalue weighted by Crippen LogP contribution is -2.38. The first-order valence-electron chi connectivity index (χ1n) is 8.22. The fourth-order valence-corrected chi connectivity index (χ4v) is 3.15. The molecule has 1 fully saturated rings. The highest BCUT2D eigenvalue weighted by Crippen LogP contribution is 2.23. The summed E-state index contributed by atoms with van der Waals surface area (Å²) in [6.07, 6.45) is -2.42. The number of piperidine rings is 1. The molecule has 0 bridgehead atoms. The van der Waals surface area contributed by atoms with Gasteiger partial charge in [-0.05, 0) is 56.6 Å². The molecule has 1 N–H and O–H groups in total. The van der Waals surface area contributed by atoms with Gasteiger partial charge in [0.05, 0.1) is 6.61 Å². The molecule has 1 heterocycles. The van der Waals surface area contributed by atoms with Crippen LogP contribution in [0.15, 0.2) is 24.3 Å². The lowest BCUT2D eigenvalue weighted by atomic mass is 9.96. The first kappa shape index (κ1) is 19.0. The Bertz CT molecular complexity index is 486. The van der Waals surface area contributed by atoms with E-state index in [1.54, 1.807) is 12.1 Å². The van der Waals surface area contributed by atoms with Gasteiger partial charge in [-0.3, -0.25) is 0 Å². The predicted molar refractivity (Wildman–Crippen MR) is 85.7 cm³/mol. The normalized spacial score (nSPS) is 17.4. The number of aliphatic hydroxyl groups is 1. The van der Waals surface area contributed by atoms with Crippen LogP contribution >= 0.6 is 0 Å². The molecule has 24 heavy (non-hydrogen) atoms. The molecule has 1 aliphatic rings. The van der Waals surface area contributed by atoms with Gasteiger partial charge < -0.3 is 19.6 Å². The van der Waals surface area contributed by atoms with E-state index in [2.05, 4.69) is 14.5 Å². The van der Waals surface area contributed by atoms with Crippen LogP contribution in [0.2, 0.25) is 0 Å². The molecule has 0 amide bonds. The van der Waals surface area contributed by atoms with Crippen molar-refractivity contribution in [1.82, 2.24) is 9.80 Å². The van der Waals surface area contributed by atoms with Crippen LogP contribution in [0.4, 0.5) is 13.2 Å². The molecule has 0 saturated carbocycles. The maximum atomic E-state index is 12.1. The monoisotopic (exact) mass is 346 g/mol. The Labute approximate surface area is 140 Å². The van der Waals surface area contributed by atoms with Crippen molar-refractivity contribution in [3.8, 4) is 5.75 Å². The first-order chi connectivity index (χ1) is 11.4. The summed E-state index contributed by atoms with van der Waals surface area (Å²) in [5.41, 5.74) is 0.963. The summed E-state index contributed by atoms with van der Waals surface area (Å²) in [5, 5.41) is 8.95. The van der Waals surface area contributed by atoms with Gasteiger partial charge in [0.15, 0.2) is 0 Å². The molecule has 0 aliphatic carbocycles. The summed E-state index contributed by atoms with van der Waals surface area (Å²) in [4.78, 5) is 4.47. The Hall–Kier alpha value is -1.31. The number of ether oxygens (including phenoxy) is 1. The summed E-state index contributed by atoms with van der Waals surface area (Å²) >= 11 is 0. The molecular formula is C17H25F3N2O2. The topological polar surface area (TPSA) is 35.9 Å². The van der Waals surface area contributed by atoms with Gasteiger partial charge in [0.2, 0.25) is 0 Å². The first-order valence-corrected chi connectivity index (χ1v) is 8.22. The van der Waals surface area contributed by atoms with E-state index in [9.17, 15) is 13.2 Å². The standard InChI is InChI=1S/C17H25F3N2O2/c1-21(13-15-6-8-22(9-7-15)10-11-23)12-14-2-4-16(5-3-14)24-17(18,19)20/h2-5,15,23H,6-13H2,1H3. The molecule has 0 spiro atoms. The van der Waals surface area contributed by atoms with Gasteiger partial charge in [0.25, 0.3) is 0 Å². The molecule has 136 valence electrons. The van der Waals surface area contributed by atoms with Gasteiger partial charge >= 0.3 is 6.36 Å². The molecule has 1 saturated heterocycles.